The number of nitrogens with zero attached hydrogens (tertiary/aromatic N) is 3. The second kappa shape index (κ2) is 14.0. The number of likely N-dealkylation sites (tertiary alicyclic amines) is 1. The zero-order valence-corrected chi connectivity index (χ0v) is 22.7. The number of ether oxygens (including phenoxy) is 2. The van der Waals surface area contributed by atoms with Crippen LogP contribution in [0.2, 0.25) is 0 Å². The standard InChI is InChI=1S/C13H13BrN4O3.C13H17F2NO/c1-2-21-12(19)10-9(14)11(16-13(15)20)18(17-10)8-6-4-3-5-7-8;1-17-7-6-16-5-4-11(9-16)10-2-3-12(14)13(15)8-10/h3-7H,2H2,1H3,(H3,15,16,20);2-3,8,11H,4-7,9H2,1H3. The van der Waals surface area contributed by atoms with Crippen LogP contribution in [0.4, 0.5) is 19.4 Å². The Labute approximate surface area is 228 Å². The van der Waals surface area contributed by atoms with Crippen molar-refractivity contribution in [2.75, 3.05) is 45.3 Å². The Morgan fingerprint density at radius 2 is 1.92 bits per heavy atom. The number of anilines is 1. The molecule has 1 aromatic heterocycles. The number of hydrogen-bond donors (Lipinski definition) is 2. The Hall–Kier alpha value is -3.35. The van der Waals surface area contributed by atoms with Crippen molar-refractivity contribution in [3.8, 4) is 5.69 Å². The van der Waals surface area contributed by atoms with Gasteiger partial charge in [0.05, 0.1) is 23.4 Å². The zero-order valence-electron chi connectivity index (χ0n) is 21.1. The summed E-state index contributed by atoms with van der Waals surface area (Å²) in [5.41, 5.74) is 6.77. The molecule has 2 aromatic carbocycles. The van der Waals surface area contributed by atoms with Gasteiger partial charge in [-0.15, -0.1) is 0 Å². The summed E-state index contributed by atoms with van der Waals surface area (Å²) >= 11 is 3.24. The summed E-state index contributed by atoms with van der Waals surface area (Å²) in [6.45, 7) is 5.42. The van der Waals surface area contributed by atoms with Gasteiger partial charge >= 0.3 is 12.0 Å². The monoisotopic (exact) mass is 593 g/mol. The maximum absolute atomic E-state index is 13.1. The molecule has 0 bridgehead atoms. The molecular formula is C26H30BrF2N5O4. The van der Waals surface area contributed by atoms with Gasteiger partial charge in [-0.3, -0.25) is 5.32 Å². The molecule has 3 N–H and O–H groups in total. The number of hydrogen-bond acceptors (Lipinski definition) is 6. The van der Waals surface area contributed by atoms with Crippen molar-refractivity contribution < 1.29 is 27.8 Å². The van der Waals surface area contributed by atoms with E-state index in [1.807, 2.05) is 18.2 Å². The first kappa shape index (κ1) is 29.2. The highest BCUT2D eigenvalue weighted by atomic mass is 79.9. The fraction of sp³-hybridized carbons (Fsp3) is 0.346. The van der Waals surface area contributed by atoms with E-state index in [1.165, 1.54) is 16.8 Å². The van der Waals surface area contributed by atoms with E-state index in [0.29, 0.717) is 22.7 Å². The first-order valence-electron chi connectivity index (χ1n) is 12.0. The zero-order chi connectivity index (χ0) is 27.7. The first-order chi connectivity index (χ1) is 18.2. The lowest BCUT2D eigenvalue weighted by Gasteiger charge is -2.15. The van der Waals surface area contributed by atoms with E-state index < -0.39 is 23.6 Å². The first-order valence-corrected chi connectivity index (χ1v) is 12.8. The number of benzene rings is 2. The Bertz CT molecular complexity index is 1240. The molecule has 0 aliphatic carbocycles. The van der Waals surface area contributed by atoms with Crippen molar-refractivity contribution in [1.29, 1.82) is 0 Å². The van der Waals surface area contributed by atoms with Crippen molar-refractivity contribution in [3.63, 3.8) is 0 Å². The molecule has 1 aliphatic rings. The summed E-state index contributed by atoms with van der Waals surface area (Å²) < 4.78 is 37.6. The van der Waals surface area contributed by atoms with Gasteiger partial charge in [-0.1, -0.05) is 24.3 Å². The molecule has 3 aromatic rings. The number of carbonyl (C=O) groups is 2. The Balaban J connectivity index is 0.000000215. The number of nitrogens with two attached hydrogens (primary N) is 1. The lowest BCUT2D eigenvalue weighted by atomic mass is 9.98. The number of carbonyl (C=O) groups excluding carboxylic acids is 2. The van der Waals surface area contributed by atoms with Gasteiger partial charge in [-0.05, 0) is 71.6 Å². The summed E-state index contributed by atoms with van der Waals surface area (Å²) in [6.07, 6.45) is 0.995. The Morgan fingerprint density at radius 3 is 2.55 bits per heavy atom. The van der Waals surface area contributed by atoms with Gasteiger partial charge < -0.3 is 20.1 Å². The molecular weight excluding hydrogens is 564 g/mol. The summed E-state index contributed by atoms with van der Waals surface area (Å²) in [6, 6.07) is 12.5. The molecule has 1 unspecified atom stereocenters. The normalized spacial score (nSPS) is 15.0. The number of methoxy groups -OCH3 is 1. The van der Waals surface area contributed by atoms with Crippen LogP contribution in [0.1, 0.15) is 35.3 Å². The Kier molecular flexibility index (Phi) is 10.7. The molecule has 204 valence electrons. The van der Waals surface area contributed by atoms with E-state index in [4.69, 9.17) is 15.2 Å². The maximum atomic E-state index is 13.1. The summed E-state index contributed by atoms with van der Waals surface area (Å²) in [5, 5.41) is 6.62. The highest BCUT2D eigenvalue weighted by Crippen LogP contribution is 2.30. The predicted octanol–water partition coefficient (Wildman–Crippen LogP) is 4.70. The quantitative estimate of drug-likeness (QED) is 0.366. The van der Waals surface area contributed by atoms with Gasteiger partial charge in [-0.2, -0.15) is 5.10 Å². The van der Waals surface area contributed by atoms with Crippen LogP contribution in [0.25, 0.3) is 5.69 Å². The van der Waals surface area contributed by atoms with Crippen LogP contribution in [-0.2, 0) is 9.47 Å². The molecule has 4 rings (SSSR count). The topological polar surface area (TPSA) is 112 Å². The highest BCUT2D eigenvalue weighted by Gasteiger charge is 2.25. The second-order valence-corrected chi connectivity index (χ2v) is 9.21. The van der Waals surface area contributed by atoms with E-state index in [9.17, 15) is 18.4 Å². The summed E-state index contributed by atoms with van der Waals surface area (Å²) in [7, 11) is 1.68. The molecule has 1 fully saturated rings. The SMILES string of the molecule is CCOC(=O)c1nn(-c2ccccc2)c(NC(N)=O)c1Br.COCCN1CCC(c2ccc(F)c(F)c2)C1. The molecule has 38 heavy (non-hydrogen) atoms. The lowest BCUT2D eigenvalue weighted by molar-refractivity contribution is 0.0518. The molecule has 1 aliphatic heterocycles. The largest absolute Gasteiger partial charge is 0.461 e. The van der Waals surface area contributed by atoms with Crippen LogP contribution in [-0.4, -0.2) is 66.6 Å². The van der Waals surface area contributed by atoms with Crippen molar-refractivity contribution >= 4 is 33.7 Å². The van der Waals surface area contributed by atoms with Gasteiger partial charge in [-0.25, -0.2) is 23.1 Å². The van der Waals surface area contributed by atoms with Crippen LogP contribution in [0.15, 0.2) is 53.0 Å². The van der Waals surface area contributed by atoms with Gasteiger partial charge in [0.1, 0.15) is 0 Å². The fourth-order valence-electron chi connectivity index (χ4n) is 4.00. The van der Waals surface area contributed by atoms with Crippen LogP contribution in [0, 0.1) is 11.6 Å². The minimum Gasteiger partial charge on any atom is -0.461 e. The van der Waals surface area contributed by atoms with Gasteiger partial charge in [0.25, 0.3) is 0 Å². The van der Waals surface area contributed by atoms with Crippen LogP contribution in [0.5, 0.6) is 0 Å². The number of urea groups is 1. The number of halogens is 3. The van der Waals surface area contributed by atoms with E-state index in [2.05, 4.69) is 31.2 Å². The minimum atomic E-state index is -0.775. The van der Waals surface area contributed by atoms with Crippen molar-refractivity contribution in [2.45, 2.75) is 19.3 Å². The molecule has 9 nitrogen and oxygen atoms in total. The van der Waals surface area contributed by atoms with E-state index in [-0.39, 0.29) is 18.1 Å². The maximum Gasteiger partial charge on any atom is 0.360 e. The number of esters is 1. The summed E-state index contributed by atoms with van der Waals surface area (Å²) in [5.74, 6) is -1.55. The second-order valence-electron chi connectivity index (χ2n) is 8.42. The molecule has 12 heteroatoms. The van der Waals surface area contributed by atoms with Gasteiger partial charge in [0.15, 0.2) is 23.1 Å². The molecule has 2 amide bonds. The van der Waals surface area contributed by atoms with Crippen molar-refractivity contribution in [3.05, 3.63) is 75.9 Å². The molecule has 2 heterocycles. The number of rotatable bonds is 8. The van der Waals surface area contributed by atoms with Crippen molar-refractivity contribution in [2.24, 2.45) is 5.73 Å². The van der Waals surface area contributed by atoms with Crippen LogP contribution < -0.4 is 11.1 Å². The third-order valence-electron chi connectivity index (χ3n) is 5.84. The number of primary amides is 1. The number of para-hydroxylation sites is 1. The third-order valence-corrected chi connectivity index (χ3v) is 6.59. The summed E-state index contributed by atoms with van der Waals surface area (Å²) in [4.78, 5) is 25.3. The average molecular weight is 594 g/mol. The third kappa shape index (κ3) is 7.59. The predicted molar refractivity (Wildman–Crippen MR) is 142 cm³/mol. The number of aromatic nitrogens is 2. The fourth-order valence-corrected chi connectivity index (χ4v) is 4.51. The van der Waals surface area contributed by atoms with Crippen LogP contribution in [0.3, 0.4) is 0 Å². The molecule has 0 saturated carbocycles. The van der Waals surface area contributed by atoms with Crippen LogP contribution >= 0.6 is 15.9 Å². The highest BCUT2D eigenvalue weighted by molar-refractivity contribution is 9.10. The lowest BCUT2D eigenvalue weighted by Crippen LogP contribution is -2.24. The average Bonchev–Trinajstić information content (AvgIpc) is 3.50. The minimum absolute atomic E-state index is 0.0597. The van der Waals surface area contributed by atoms with E-state index in [0.717, 1.165) is 31.6 Å². The van der Waals surface area contributed by atoms with E-state index >= 15 is 0 Å². The van der Waals surface area contributed by atoms with Gasteiger partial charge in [0, 0.05) is 20.2 Å². The van der Waals surface area contributed by atoms with Gasteiger partial charge in [0.2, 0.25) is 0 Å². The van der Waals surface area contributed by atoms with E-state index in [1.54, 1.807) is 32.2 Å². The smallest absolute Gasteiger partial charge is 0.360 e. The molecule has 0 spiro atoms. The van der Waals surface area contributed by atoms with Crippen molar-refractivity contribution in [1.82, 2.24) is 14.7 Å². The molecule has 0 radical (unpaired) electrons. The number of nitrogens with one attached hydrogen (secondary N) is 1. The molecule has 1 saturated heterocycles. The number of amides is 2. The molecule has 1 atom stereocenters. The Morgan fingerprint density at radius 1 is 1.18 bits per heavy atom.